The van der Waals surface area contributed by atoms with E-state index in [0.29, 0.717) is 0 Å². The molecule has 3 rings (SSSR count). The quantitative estimate of drug-likeness (QED) is 0.766. The van der Waals surface area contributed by atoms with Crippen molar-refractivity contribution in [2.45, 2.75) is 24.7 Å². The van der Waals surface area contributed by atoms with Crippen LogP contribution >= 0.6 is 23.2 Å². The van der Waals surface area contributed by atoms with E-state index < -0.39 is 30.5 Å². The van der Waals surface area contributed by atoms with Gasteiger partial charge in [0.15, 0.2) is 0 Å². The van der Waals surface area contributed by atoms with Gasteiger partial charge in [0.1, 0.15) is 17.8 Å². The van der Waals surface area contributed by atoms with Crippen LogP contribution in [0.15, 0.2) is 24.7 Å². The van der Waals surface area contributed by atoms with Crippen LogP contribution in [0.25, 0.3) is 5.57 Å². The second-order valence-corrected chi connectivity index (χ2v) is 6.30. The fourth-order valence-corrected chi connectivity index (χ4v) is 3.33. The van der Waals surface area contributed by atoms with Gasteiger partial charge in [-0.25, -0.2) is 9.07 Å². The number of nitrogens with zero attached hydrogens (tertiary/aromatic N) is 3. The van der Waals surface area contributed by atoms with Gasteiger partial charge in [-0.2, -0.15) is 23.3 Å². The smallest absolute Gasteiger partial charge is 0.330 e. The SMILES string of the molecule is NC1(CCC(F)(F)F)C(c2c(Cl)cc(F)cc2Cl)=CNc2ncnn21. The lowest BCUT2D eigenvalue weighted by atomic mass is 9.88. The molecule has 0 radical (unpaired) electrons. The van der Waals surface area contributed by atoms with Gasteiger partial charge in [0.25, 0.3) is 0 Å². The highest BCUT2D eigenvalue weighted by molar-refractivity contribution is 6.37. The van der Waals surface area contributed by atoms with Crippen molar-refractivity contribution < 1.29 is 17.6 Å². The van der Waals surface area contributed by atoms with Gasteiger partial charge >= 0.3 is 6.18 Å². The van der Waals surface area contributed by atoms with Crippen molar-refractivity contribution in [3.63, 3.8) is 0 Å². The van der Waals surface area contributed by atoms with E-state index in [4.69, 9.17) is 28.9 Å². The molecular formula is C14H11Cl2F4N5. The fourth-order valence-electron chi connectivity index (χ4n) is 2.67. The van der Waals surface area contributed by atoms with E-state index in [9.17, 15) is 17.6 Å². The molecule has 2 heterocycles. The van der Waals surface area contributed by atoms with Crippen LogP contribution in [0.1, 0.15) is 18.4 Å². The van der Waals surface area contributed by atoms with Gasteiger partial charge in [0, 0.05) is 23.8 Å². The molecule has 0 amide bonds. The summed E-state index contributed by atoms with van der Waals surface area (Å²) in [6.07, 6.45) is -3.63. The Morgan fingerprint density at radius 3 is 2.48 bits per heavy atom. The normalized spacial score (nSPS) is 20.0. The third-order valence-electron chi connectivity index (χ3n) is 3.80. The Morgan fingerprint density at radius 1 is 1.24 bits per heavy atom. The zero-order valence-corrected chi connectivity index (χ0v) is 13.9. The van der Waals surface area contributed by atoms with E-state index in [1.807, 2.05) is 0 Å². The minimum absolute atomic E-state index is 0.0801. The molecule has 1 aromatic heterocycles. The van der Waals surface area contributed by atoms with Crippen molar-refractivity contribution in [3.05, 3.63) is 46.1 Å². The number of rotatable bonds is 3. The number of alkyl halides is 3. The first kappa shape index (κ1) is 18.0. The van der Waals surface area contributed by atoms with Crippen molar-refractivity contribution >= 4 is 34.7 Å². The lowest BCUT2D eigenvalue weighted by Gasteiger charge is -2.37. The van der Waals surface area contributed by atoms with Crippen molar-refractivity contribution in [2.24, 2.45) is 5.73 Å². The molecule has 1 atom stereocenters. The highest BCUT2D eigenvalue weighted by atomic mass is 35.5. The lowest BCUT2D eigenvalue weighted by molar-refractivity contribution is -0.138. The predicted octanol–water partition coefficient (Wildman–Crippen LogP) is 4.14. The Kier molecular flexibility index (Phi) is 4.42. The number of nitrogens with one attached hydrogen (secondary N) is 1. The van der Waals surface area contributed by atoms with Crippen molar-refractivity contribution in [1.82, 2.24) is 14.8 Å². The zero-order valence-electron chi connectivity index (χ0n) is 12.4. The average Bonchev–Trinajstić information content (AvgIpc) is 2.96. The fraction of sp³-hybridized carbons (Fsp3) is 0.286. The van der Waals surface area contributed by atoms with Crippen LogP contribution in [0.2, 0.25) is 10.0 Å². The topological polar surface area (TPSA) is 68.8 Å². The van der Waals surface area contributed by atoms with Crippen LogP contribution < -0.4 is 11.1 Å². The Balaban J connectivity index is 2.13. The molecule has 1 unspecified atom stereocenters. The molecule has 1 aliphatic heterocycles. The van der Waals surface area contributed by atoms with E-state index in [1.165, 1.54) is 6.20 Å². The van der Waals surface area contributed by atoms with Crippen molar-refractivity contribution in [3.8, 4) is 0 Å². The Bertz CT molecular complexity index is 825. The minimum atomic E-state index is -4.43. The third-order valence-corrected chi connectivity index (χ3v) is 4.40. The summed E-state index contributed by atoms with van der Waals surface area (Å²) in [7, 11) is 0. The highest BCUT2D eigenvalue weighted by Crippen LogP contribution is 2.44. The maximum absolute atomic E-state index is 13.5. The molecule has 11 heteroatoms. The summed E-state index contributed by atoms with van der Waals surface area (Å²) in [6, 6.07) is 2.01. The first-order valence-electron chi connectivity index (χ1n) is 7.00. The molecule has 1 aliphatic rings. The third kappa shape index (κ3) is 3.31. The summed E-state index contributed by atoms with van der Waals surface area (Å²) >= 11 is 12.1. The molecule has 0 bridgehead atoms. The Morgan fingerprint density at radius 2 is 1.88 bits per heavy atom. The molecule has 5 nitrogen and oxygen atoms in total. The van der Waals surface area contributed by atoms with Crippen LogP contribution in [0.3, 0.4) is 0 Å². The van der Waals surface area contributed by atoms with Crippen molar-refractivity contribution in [2.75, 3.05) is 5.32 Å². The van der Waals surface area contributed by atoms with Crippen LogP contribution in [0.4, 0.5) is 23.5 Å². The summed E-state index contributed by atoms with van der Waals surface area (Å²) in [5, 5.41) is 6.52. The molecule has 2 aromatic rings. The first-order valence-corrected chi connectivity index (χ1v) is 7.75. The first-order chi connectivity index (χ1) is 11.6. The number of nitrogens with two attached hydrogens (primary N) is 1. The zero-order chi connectivity index (χ0) is 18.4. The predicted molar refractivity (Wildman–Crippen MR) is 85.5 cm³/mol. The van der Waals surface area contributed by atoms with Crippen LogP contribution in [-0.2, 0) is 5.66 Å². The summed E-state index contributed by atoms with van der Waals surface area (Å²) < 4.78 is 52.9. The number of benzene rings is 1. The van der Waals surface area contributed by atoms with Crippen molar-refractivity contribution in [1.29, 1.82) is 0 Å². The largest absolute Gasteiger partial charge is 0.389 e. The minimum Gasteiger partial charge on any atom is -0.330 e. The Hall–Kier alpha value is -1.84. The van der Waals surface area contributed by atoms with E-state index in [-0.39, 0.29) is 27.1 Å². The van der Waals surface area contributed by atoms with E-state index in [2.05, 4.69) is 15.4 Å². The number of hydrogen-bond acceptors (Lipinski definition) is 4. The van der Waals surface area contributed by atoms with Gasteiger partial charge in [-0.15, -0.1) is 0 Å². The number of anilines is 1. The molecule has 0 saturated heterocycles. The maximum Gasteiger partial charge on any atom is 0.389 e. The average molecular weight is 396 g/mol. The number of hydrogen-bond donors (Lipinski definition) is 2. The standard InChI is InChI=1S/C14H11Cl2F4N5/c15-9-3-7(17)4-10(16)11(9)8-5-22-12-23-6-24-25(12)13(8,21)1-2-14(18,19)20/h3-6H,1-2,21H2,(H,22,23,24). The second kappa shape index (κ2) is 6.15. The number of fused-ring (bicyclic) bond motifs is 1. The van der Waals surface area contributed by atoms with Crippen LogP contribution in [0, 0.1) is 5.82 Å². The molecular weight excluding hydrogens is 385 g/mol. The molecule has 0 aliphatic carbocycles. The number of aromatic nitrogens is 3. The van der Waals surface area contributed by atoms with E-state index >= 15 is 0 Å². The second-order valence-electron chi connectivity index (χ2n) is 5.48. The van der Waals surface area contributed by atoms with Crippen LogP contribution in [0.5, 0.6) is 0 Å². The molecule has 3 N–H and O–H groups in total. The molecule has 0 saturated carbocycles. The number of halogens is 6. The van der Waals surface area contributed by atoms with Gasteiger partial charge in [-0.05, 0) is 18.6 Å². The molecule has 0 fully saturated rings. The summed E-state index contributed by atoms with van der Waals surface area (Å²) in [6.45, 7) is 0. The monoisotopic (exact) mass is 395 g/mol. The van der Waals surface area contributed by atoms with Gasteiger partial charge in [0.05, 0.1) is 10.0 Å². The van der Waals surface area contributed by atoms with Gasteiger partial charge in [0.2, 0.25) is 5.95 Å². The van der Waals surface area contributed by atoms with Gasteiger partial charge in [-0.3, -0.25) is 0 Å². The maximum atomic E-state index is 13.5. The van der Waals surface area contributed by atoms with Gasteiger partial charge < -0.3 is 11.1 Å². The molecule has 0 spiro atoms. The van der Waals surface area contributed by atoms with E-state index in [0.717, 1.165) is 23.1 Å². The summed E-state index contributed by atoms with van der Waals surface area (Å²) in [4.78, 5) is 3.89. The van der Waals surface area contributed by atoms with E-state index in [1.54, 1.807) is 0 Å². The van der Waals surface area contributed by atoms with Gasteiger partial charge in [-0.1, -0.05) is 23.2 Å². The molecule has 134 valence electrons. The highest BCUT2D eigenvalue weighted by Gasteiger charge is 2.43. The van der Waals surface area contributed by atoms with Crippen LogP contribution in [-0.4, -0.2) is 20.9 Å². The summed E-state index contributed by atoms with van der Waals surface area (Å²) in [5.41, 5.74) is 4.86. The molecule has 25 heavy (non-hydrogen) atoms. The lowest BCUT2D eigenvalue weighted by Crippen LogP contribution is -2.48. The Labute approximate surface area is 149 Å². The summed E-state index contributed by atoms with van der Waals surface area (Å²) in [5.74, 6) is -0.509. The molecule has 1 aromatic carbocycles.